The Balaban J connectivity index is 0.00000144. The van der Waals surface area contributed by atoms with Gasteiger partial charge < -0.3 is 14.8 Å². The Labute approximate surface area is 107 Å². The minimum Gasteiger partial charge on any atom is -0.473 e. The fourth-order valence-electron chi connectivity index (χ4n) is 1.76. The van der Waals surface area contributed by atoms with Gasteiger partial charge in [-0.2, -0.15) is 0 Å². The summed E-state index contributed by atoms with van der Waals surface area (Å²) in [6.07, 6.45) is 3.97. The van der Waals surface area contributed by atoms with Crippen LogP contribution in [-0.4, -0.2) is 36.3 Å². The fraction of sp³-hybridized carbons (Fsp3) is 0.636. The topological polar surface area (TPSA) is 56.3 Å². The zero-order valence-electron chi connectivity index (χ0n) is 9.89. The van der Waals surface area contributed by atoms with Crippen LogP contribution in [0.15, 0.2) is 12.4 Å². The summed E-state index contributed by atoms with van der Waals surface area (Å²) in [7, 11) is 1.65. The second-order valence-corrected chi connectivity index (χ2v) is 3.87. The van der Waals surface area contributed by atoms with Crippen molar-refractivity contribution in [2.75, 3.05) is 20.2 Å². The number of nitrogens with one attached hydrogen (secondary N) is 1. The highest BCUT2D eigenvalue weighted by atomic mass is 35.5. The molecular formula is C11H18ClN3O2. The molecule has 0 aromatic carbocycles. The average molecular weight is 260 g/mol. The van der Waals surface area contributed by atoms with Gasteiger partial charge in [-0.15, -0.1) is 12.4 Å². The van der Waals surface area contributed by atoms with E-state index >= 15 is 0 Å². The van der Waals surface area contributed by atoms with Gasteiger partial charge in [0.15, 0.2) is 0 Å². The van der Waals surface area contributed by atoms with Crippen LogP contribution in [0.1, 0.15) is 18.5 Å². The Bertz CT molecular complexity index is 332. The number of nitrogens with zero attached hydrogens (tertiary/aromatic N) is 2. The molecular weight excluding hydrogens is 242 g/mol. The van der Waals surface area contributed by atoms with Crippen molar-refractivity contribution < 1.29 is 9.47 Å². The van der Waals surface area contributed by atoms with E-state index in [1.165, 1.54) is 6.33 Å². The van der Waals surface area contributed by atoms with Crippen molar-refractivity contribution in [2.45, 2.75) is 25.6 Å². The summed E-state index contributed by atoms with van der Waals surface area (Å²) in [5, 5.41) is 3.30. The molecule has 1 aromatic heterocycles. The Morgan fingerprint density at radius 3 is 3.06 bits per heavy atom. The number of hydrogen-bond acceptors (Lipinski definition) is 5. The second kappa shape index (κ2) is 7.42. The molecule has 1 unspecified atom stereocenters. The van der Waals surface area contributed by atoms with Crippen LogP contribution < -0.4 is 10.1 Å². The monoisotopic (exact) mass is 259 g/mol. The van der Waals surface area contributed by atoms with Crippen molar-refractivity contribution >= 4 is 12.4 Å². The van der Waals surface area contributed by atoms with Crippen molar-refractivity contribution in [3.05, 3.63) is 18.1 Å². The maximum absolute atomic E-state index is 5.77. The van der Waals surface area contributed by atoms with Gasteiger partial charge in [-0.05, 0) is 19.4 Å². The first-order valence-corrected chi connectivity index (χ1v) is 5.55. The number of hydrogen-bond donors (Lipinski definition) is 1. The van der Waals surface area contributed by atoms with Gasteiger partial charge in [0.2, 0.25) is 5.88 Å². The molecule has 0 spiro atoms. The smallest absolute Gasteiger partial charge is 0.216 e. The predicted octanol–water partition coefficient (Wildman–Crippen LogP) is 1.18. The molecule has 96 valence electrons. The minimum absolute atomic E-state index is 0. The molecule has 17 heavy (non-hydrogen) atoms. The predicted molar refractivity (Wildman–Crippen MR) is 66.5 cm³/mol. The molecule has 2 heterocycles. The molecule has 1 saturated heterocycles. The lowest BCUT2D eigenvalue weighted by atomic mass is 10.1. The molecule has 0 bridgehead atoms. The molecule has 0 saturated carbocycles. The number of ether oxygens (including phenoxy) is 2. The van der Waals surface area contributed by atoms with Crippen LogP contribution in [0.4, 0.5) is 0 Å². The van der Waals surface area contributed by atoms with Crippen molar-refractivity contribution in [3.63, 3.8) is 0 Å². The quantitative estimate of drug-likeness (QED) is 0.880. The number of aromatic nitrogens is 2. The van der Waals surface area contributed by atoms with Crippen LogP contribution in [0.2, 0.25) is 0 Å². The standard InChI is InChI=1S/C11H17N3O2.ClH/c1-15-7-9-5-11(14-8-13-9)16-10-3-2-4-12-6-10;/h5,8,10,12H,2-4,6-7H2,1H3;1H. The highest BCUT2D eigenvalue weighted by Crippen LogP contribution is 2.13. The maximum atomic E-state index is 5.77. The first-order chi connectivity index (χ1) is 7.88. The average Bonchev–Trinajstić information content (AvgIpc) is 2.31. The first kappa shape index (κ1) is 14.2. The third-order valence-corrected chi connectivity index (χ3v) is 2.53. The molecule has 1 N–H and O–H groups in total. The SMILES string of the molecule is COCc1cc(OC2CCCNC2)ncn1.Cl. The Hall–Kier alpha value is -0.910. The number of piperidine rings is 1. The summed E-state index contributed by atoms with van der Waals surface area (Å²) in [5.41, 5.74) is 0.844. The van der Waals surface area contributed by atoms with E-state index < -0.39 is 0 Å². The van der Waals surface area contributed by atoms with Gasteiger partial charge in [0, 0.05) is 19.7 Å². The minimum atomic E-state index is 0. The third-order valence-electron chi connectivity index (χ3n) is 2.53. The van der Waals surface area contributed by atoms with Gasteiger partial charge in [0.25, 0.3) is 0 Å². The molecule has 1 aromatic rings. The fourth-order valence-corrected chi connectivity index (χ4v) is 1.76. The zero-order chi connectivity index (χ0) is 11.2. The molecule has 1 aliphatic rings. The van der Waals surface area contributed by atoms with Crippen LogP contribution >= 0.6 is 12.4 Å². The van der Waals surface area contributed by atoms with E-state index in [0.29, 0.717) is 12.5 Å². The highest BCUT2D eigenvalue weighted by molar-refractivity contribution is 5.85. The molecule has 0 aliphatic carbocycles. The van der Waals surface area contributed by atoms with Crippen LogP contribution in [0.5, 0.6) is 5.88 Å². The number of halogens is 1. The lowest BCUT2D eigenvalue weighted by Gasteiger charge is -2.23. The Morgan fingerprint density at radius 1 is 1.47 bits per heavy atom. The number of rotatable bonds is 4. The van der Waals surface area contributed by atoms with Crippen LogP contribution in [-0.2, 0) is 11.3 Å². The normalized spacial score (nSPS) is 19.5. The summed E-state index contributed by atoms with van der Waals surface area (Å²) in [6.45, 7) is 2.46. The van der Waals surface area contributed by atoms with Gasteiger partial charge in [-0.1, -0.05) is 0 Å². The van der Waals surface area contributed by atoms with Gasteiger partial charge in [-0.25, -0.2) is 9.97 Å². The van der Waals surface area contributed by atoms with E-state index in [1.807, 2.05) is 6.07 Å². The summed E-state index contributed by atoms with van der Waals surface area (Å²) < 4.78 is 10.8. The molecule has 1 atom stereocenters. The summed E-state index contributed by atoms with van der Waals surface area (Å²) in [6, 6.07) is 1.83. The van der Waals surface area contributed by atoms with Crippen molar-refractivity contribution in [3.8, 4) is 5.88 Å². The molecule has 0 amide bonds. The van der Waals surface area contributed by atoms with Crippen molar-refractivity contribution in [2.24, 2.45) is 0 Å². The lowest BCUT2D eigenvalue weighted by Crippen LogP contribution is -2.37. The lowest BCUT2D eigenvalue weighted by molar-refractivity contribution is 0.157. The van der Waals surface area contributed by atoms with Crippen molar-refractivity contribution in [1.82, 2.24) is 15.3 Å². The van der Waals surface area contributed by atoms with E-state index in [1.54, 1.807) is 7.11 Å². The van der Waals surface area contributed by atoms with Gasteiger partial charge in [0.1, 0.15) is 12.4 Å². The summed E-state index contributed by atoms with van der Waals surface area (Å²) in [4.78, 5) is 8.19. The van der Waals surface area contributed by atoms with Crippen LogP contribution in [0, 0.1) is 0 Å². The maximum Gasteiger partial charge on any atom is 0.216 e. The largest absolute Gasteiger partial charge is 0.473 e. The molecule has 1 fully saturated rings. The third kappa shape index (κ3) is 4.46. The molecule has 0 radical (unpaired) electrons. The first-order valence-electron chi connectivity index (χ1n) is 5.55. The van der Waals surface area contributed by atoms with E-state index in [-0.39, 0.29) is 18.5 Å². The molecule has 1 aliphatic heterocycles. The van der Waals surface area contributed by atoms with Crippen LogP contribution in [0.3, 0.4) is 0 Å². The molecule has 6 heteroatoms. The van der Waals surface area contributed by atoms with Crippen LogP contribution in [0.25, 0.3) is 0 Å². The van der Waals surface area contributed by atoms with Gasteiger partial charge in [0.05, 0.1) is 12.3 Å². The van der Waals surface area contributed by atoms with E-state index in [0.717, 1.165) is 31.6 Å². The van der Waals surface area contributed by atoms with E-state index in [2.05, 4.69) is 15.3 Å². The summed E-state index contributed by atoms with van der Waals surface area (Å²) in [5.74, 6) is 0.635. The van der Waals surface area contributed by atoms with Gasteiger partial charge in [-0.3, -0.25) is 0 Å². The molecule has 5 nitrogen and oxygen atoms in total. The Morgan fingerprint density at radius 2 is 2.35 bits per heavy atom. The Kier molecular flexibility index (Phi) is 6.18. The summed E-state index contributed by atoms with van der Waals surface area (Å²) >= 11 is 0. The second-order valence-electron chi connectivity index (χ2n) is 3.87. The number of methoxy groups -OCH3 is 1. The zero-order valence-corrected chi connectivity index (χ0v) is 10.7. The molecule has 2 rings (SSSR count). The van der Waals surface area contributed by atoms with E-state index in [4.69, 9.17) is 9.47 Å². The highest BCUT2D eigenvalue weighted by Gasteiger charge is 2.15. The van der Waals surface area contributed by atoms with Gasteiger partial charge >= 0.3 is 0 Å². The van der Waals surface area contributed by atoms with E-state index in [9.17, 15) is 0 Å². The van der Waals surface area contributed by atoms with Crippen molar-refractivity contribution in [1.29, 1.82) is 0 Å².